The van der Waals surface area contributed by atoms with Gasteiger partial charge in [-0.3, -0.25) is 13.9 Å². The van der Waals surface area contributed by atoms with Gasteiger partial charge >= 0.3 is 0 Å². The number of aryl methyl sites for hydroxylation is 1. The lowest BCUT2D eigenvalue weighted by atomic mass is 9.96. The first-order valence-corrected chi connectivity index (χ1v) is 12.1. The fraction of sp³-hybridized carbons (Fsp3) is 0.409. The van der Waals surface area contributed by atoms with Crippen molar-refractivity contribution in [2.45, 2.75) is 26.2 Å². The number of pyridine rings is 1. The number of nitrogens with zero attached hydrogens (tertiary/aromatic N) is 3. The van der Waals surface area contributed by atoms with Gasteiger partial charge in [0, 0.05) is 30.9 Å². The van der Waals surface area contributed by atoms with Crippen LogP contribution in [0.3, 0.4) is 0 Å². The van der Waals surface area contributed by atoms with E-state index in [2.05, 4.69) is 10.3 Å². The first-order valence-electron chi connectivity index (χ1n) is 10.5. The van der Waals surface area contributed by atoms with Gasteiger partial charge in [0.25, 0.3) is 5.91 Å². The summed E-state index contributed by atoms with van der Waals surface area (Å²) in [4.78, 5) is 31.8. The van der Waals surface area contributed by atoms with E-state index in [-0.39, 0.29) is 23.5 Å². The van der Waals surface area contributed by atoms with E-state index in [0.717, 1.165) is 12.1 Å². The number of rotatable bonds is 4. The van der Waals surface area contributed by atoms with Crippen LogP contribution in [0.15, 0.2) is 42.5 Å². The van der Waals surface area contributed by atoms with E-state index >= 15 is 0 Å². The van der Waals surface area contributed by atoms with Crippen LogP contribution in [0.5, 0.6) is 0 Å². The van der Waals surface area contributed by atoms with Crippen LogP contribution in [0.25, 0.3) is 0 Å². The average molecular weight is 443 g/mol. The first kappa shape index (κ1) is 21.3. The van der Waals surface area contributed by atoms with Crippen molar-refractivity contribution in [1.82, 2.24) is 9.88 Å². The smallest absolute Gasteiger partial charge is 0.253 e. The molecule has 1 unspecified atom stereocenters. The summed E-state index contributed by atoms with van der Waals surface area (Å²) in [6.07, 6.45) is 2.01. The van der Waals surface area contributed by atoms with Crippen LogP contribution in [0.2, 0.25) is 0 Å². The molecule has 2 amide bonds. The summed E-state index contributed by atoms with van der Waals surface area (Å²) in [5, 5.41) is 2.85. The van der Waals surface area contributed by atoms with Crippen molar-refractivity contribution in [3.05, 3.63) is 53.7 Å². The number of anilines is 2. The maximum absolute atomic E-state index is 13.1. The van der Waals surface area contributed by atoms with Gasteiger partial charge in [-0.1, -0.05) is 12.1 Å². The van der Waals surface area contributed by atoms with Gasteiger partial charge in [0.05, 0.1) is 17.4 Å². The molecular formula is C22H26N4O4S. The fourth-order valence-corrected chi connectivity index (χ4v) is 5.68. The Bertz CT molecular complexity index is 1100. The van der Waals surface area contributed by atoms with Gasteiger partial charge in [-0.25, -0.2) is 13.4 Å². The van der Waals surface area contributed by atoms with E-state index in [9.17, 15) is 18.0 Å². The van der Waals surface area contributed by atoms with E-state index < -0.39 is 10.0 Å². The molecule has 0 bridgehead atoms. The van der Waals surface area contributed by atoms with Gasteiger partial charge in [-0.2, -0.15) is 0 Å². The van der Waals surface area contributed by atoms with Crippen LogP contribution >= 0.6 is 0 Å². The van der Waals surface area contributed by atoms with Crippen LogP contribution in [0, 0.1) is 12.8 Å². The molecule has 9 heteroatoms. The fourth-order valence-electron chi connectivity index (χ4n) is 4.12. The van der Waals surface area contributed by atoms with Gasteiger partial charge < -0.3 is 10.2 Å². The van der Waals surface area contributed by atoms with Gasteiger partial charge in [-0.15, -0.1) is 0 Å². The molecule has 31 heavy (non-hydrogen) atoms. The zero-order chi connectivity index (χ0) is 22.0. The highest BCUT2D eigenvalue weighted by molar-refractivity contribution is 7.93. The van der Waals surface area contributed by atoms with Gasteiger partial charge in [0.1, 0.15) is 5.82 Å². The lowest BCUT2D eigenvalue weighted by Crippen LogP contribution is -2.43. The van der Waals surface area contributed by atoms with Crippen LogP contribution in [-0.2, 0) is 14.8 Å². The Balaban J connectivity index is 1.45. The molecule has 0 spiro atoms. The highest BCUT2D eigenvalue weighted by atomic mass is 32.2. The summed E-state index contributed by atoms with van der Waals surface area (Å²) in [7, 11) is -3.31. The van der Waals surface area contributed by atoms with E-state index in [1.165, 1.54) is 4.31 Å². The molecule has 1 aromatic heterocycles. The predicted octanol–water partition coefficient (Wildman–Crippen LogP) is 2.42. The molecule has 0 aliphatic carbocycles. The van der Waals surface area contributed by atoms with Crippen molar-refractivity contribution < 1.29 is 18.0 Å². The van der Waals surface area contributed by atoms with Crippen LogP contribution in [0.4, 0.5) is 11.5 Å². The van der Waals surface area contributed by atoms with Crippen LogP contribution in [-0.4, -0.2) is 55.5 Å². The number of carbonyl (C=O) groups excluding carboxylic acids is 2. The van der Waals surface area contributed by atoms with Crippen molar-refractivity contribution in [3.63, 3.8) is 0 Å². The number of amides is 2. The van der Waals surface area contributed by atoms with Crippen LogP contribution in [0.1, 0.15) is 35.3 Å². The molecule has 1 aromatic carbocycles. The summed E-state index contributed by atoms with van der Waals surface area (Å²) < 4.78 is 25.8. The molecule has 8 nitrogen and oxygen atoms in total. The highest BCUT2D eigenvalue weighted by Crippen LogP contribution is 2.26. The van der Waals surface area contributed by atoms with Crippen molar-refractivity contribution in [2.75, 3.05) is 35.0 Å². The van der Waals surface area contributed by atoms with Crippen LogP contribution < -0.4 is 9.62 Å². The summed E-state index contributed by atoms with van der Waals surface area (Å²) >= 11 is 0. The lowest BCUT2D eigenvalue weighted by molar-refractivity contribution is -0.121. The molecule has 2 aromatic rings. The zero-order valence-electron chi connectivity index (χ0n) is 17.5. The van der Waals surface area contributed by atoms with E-state index in [1.807, 2.05) is 19.1 Å². The second-order valence-electron chi connectivity index (χ2n) is 8.04. The number of benzene rings is 1. The Morgan fingerprint density at radius 2 is 1.90 bits per heavy atom. The average Bonchev–Trinajstić information content (AvgIpc) is 3.12. The monoisotopic (exact) mass is 442 g/mol. The maximum Gasteiger partial charge on any atom is 0.253 e. The standard InChI is InChI=1S/C22H26N4O4S/c1-16-6-2-10-20(23-16)24-21(27)18-8-4-11-25(15-18)22(28)17-7-3-9-19(14-17)26-12-5-13-31(26,29)30/h2-3,6-7,9-10,14,18H,4-5,8,11-13,15H2,1H3,(H,23,24,27). The Morgan fingerprint density at radius 3 is 2.65 bits per heavy atom. The van der Waals surface area contributed by atoms with E-state index in [1.54, 1.807) is 35.2 Å². The molecule has 2 aliphatic rings. The number of carbonyl (C=O) groups is 2. The Labute approximate surface area is 182 Å². The largest absolute Gasteiger partial charge is 0.338 e. The third kappa shape index (κ3) is 4.71. The van der Waals surface area contributed by atoms with E-state index in [0.29, 0.717) is 49.5 Å². The summed E-state index contributed by atoms with van der Waals surface area (Å²) in [5.74, 6) is -0.0172. The molecule has 1 atom stereocenters. The predicted molar refractivity (Wildman–Crippen MR) is 118 cm³/mol. The molecule has 4 rings (SSSR count). The third-order valence-corrected chi connectivity index (χ3v) is 7.57. The van der Waals surface area contributed by atoms with Gasteiger partial charge in [0.15, 0.2) is 0 Å². The number of hydrogen-bond acceptors (Lipinski definition) is 5. The normalized spacial score (nSPS) is 20.5. The maximum atomic E-state index is 13.1. The molecule has 2 fully saturated rings. The molecule has 0 saturated carbocycles. The number of aromatic nitrogens is 1. The zero-order valence-corrected chi connectivity index (χ0v) is 18.3. The first-order chi connectivity index (χ1) is 14.8. The molecule has 164 valence electrons. The molecule has 3 heterocycles. The second-order valence-corrected chi connectivity index (χ2v) is 10.0. The Morgan fingerprint density at radius 1 is 1.10 bits per heavy atom. The number of nitrogens with one attached hydrogen (secondary N) is 1. The van der Waals surface area contributed by atoms with Crippen molar-refractivity contribution in [3.8, 4) is 0 Å². The summed E-state index contributed by atoms with van der Waals surface area (Å²) in [6.45, 7) is 3.18. The minimum Gasteiger partial charge on any atom is -0.338 e. The molecule has 1 N–H and O–H groups in total. The SMILES string of the molecule is Cc1cccc(NC(=O)C2CCCN(C(=O)c3cccc(N4CCCS4(=O)=O)c3)C2)n1. The quantitative estimate of drug-likeness (QED) is 0.784. The van der Waals surface area contributed by atoms with Gasteiger partial charge in [-0.05, 0) is 56.5 Å². The van der Waals surface area contributed by atoms with E-state index in [4.69, 9.17) is 0 Å². The molecular weight excluding hydrogens is 416 g/mol. The lowest BCUT2D eigenvalue weighted by Gasteiger charge is -2.32. The van der Waals surface area contributed by atoms with Crippen molar-refractivity contribution >= 4 is 33.3 Å². The molecule has 0 radical (unpaired) electrons. The summed E-state index contributed by atoms with van der Waals surface area (Å²) in [6, 6.07) is 12.2. The number of likely N-dealkylation sites (tertiary alicyclic amines) is 1. The number of sulfonamides is 1. The van der Waals surface area contributed by atoms with Crippen molar-refractivity contribution in [1.29, 1.82) is 0 Å². The Kier molecular flexibility index (Phi) is 5.95. The van der Waals surface area contributed by atoms with Gasteiger partial charge in [0.2, 0.25) is 15.9 Å². The Hall–Kier alpha value is -2.94. The minimum absolute atomic E-state index is 0.129. The topological polar surface area (TPSA) is 99.7 Å². The summed E-state index contributed by atoms with van der Waals surface area (Å²) in [5.41, 5.74) is 1.76. The number of piperidine rings is 1. The molecule has 2 aliphatic heterocycles. The third-order valence-electron chi connectivity index (χ3n) is 5.70. The minimum atomic E-state index is -3.31. The van der Waals surface area contributed by atoms with Crippen molar-refractivity contribution in [2.24, 2.45) is 5.92 Å². The second kappa shape index (κ2) is 8.66. The molecule has 2 saturated heterocycles. The highest BCUT2D eigenvalue weighted by Gasteiger charge is 2.31. The number of hydrogen-bond donors (Lipinski definition) is 1.